The maximum absolute atomic E-state index is 11.7. The molecule has 0 atom stereocenters. The molecule has 2 N–H and O–H groups in total. The van der Waals surface area contributed by atoms with Crippen molar-refractivity contribution in [3.8, 4) is 0 Å². The summed E-state index contributed by atoms with van der Waals surface area (Å²) in [6.45, 7) is 2.45. The van der Waals surface area contributed by atoms with Crippen molar-refractivity contribution < 1.29 is 4.79 Å². The molecule has 94 valence electrons. The number of amides is 2. The summed E-state index contributed by atoms with van der Waals surface area (Å²) < 4.78 is 1.09. The van der Waals surface area contributed by atoms with E-state index in [9.17, 15) is 4.79 Å². The third kappa shape index (κ3) is 3.95. The van der Waals surface area contributed by atoms with Gasteiger partial charge in [-0.15, -0.1) is 11.3 Å². The molecule has 4 nitrogen and oxygen atoms in total. The molecule has 0 radical (unpaired) electrons. The number of carbonyl (C=O) groups excluding carboxylic acids is 1. The Morgan fingerprint density at radius 1 is 1.50 bits per heavy atom. The van der Waals surface area contributed by atoms with Gasteiger partial charge in [0, 0.05) is 20.3 Å². The fourth-order valence-corrected chi connectivity index (χ4v) is 2.67. The van der Waals surface area contributed by atoms with Gasteiger partial charge < -0.3 is 10.6 Å². The van der Waals surface area contributed by atoms with Gasteiger partial charge in [0.15, 0.2) is 0 Å². The SMILES string of the molecule is Cc1ncc(CNC(=O)Nc2cccc(I)c2)s1. The lowest BCUT2D eigenvalue weighted by atomic mass is 10.3. The van der Waals surface area contributed by atoms with Crippen molar-refractivity contribution in [3.05, 3.63) is 43.9 Å². The topological polar surface area (TPSA) is 54.0 Å². The number of hydrogen-bond donors (Lipinski definition) is 2. The monoisotopic (exact) mass is 373 g/mol. The Bertz CT molecular complexity index is 556. The second-order valence-corrected chi connectivity index (χ2v) is 6.23. The van der Waals surface area contributed by atoms with Gasteiger partial charge in [0.25, 0.3) is 0 Å². The highest BCUT2D eigenvalue weighted by Gasteiger charge is 2.03. The average molecular weight is 373 g/mol. The second kappa shape index (κ2) is 6.14. The number of thiazole rings is 1. The van der Waals surface area contributed by atoms with Crippen molar-refractivity contribution in [2.45, 2.75) is 13.5 Å². The van der Waals surface area contributed by atoms with E-state index in [1.807, 2.05) is 31.2 Å². The molecule has 0 aliphatic rings. The van der Waals surface area contributed by atoms with Crippen molar-refractivity contribution >= 4 is 45.6 Å². The van der Waals surface area contributed by atoms with Gasteiger partial charge in [-0.2, -0.15) is 0 Å². The summed E-state index contributed by atoms with van der Waals surface area (Å²) in [7, 11) is 0. The number of nitrogens with one attached hydrogen (secondary N) is 2. The van der Waals surface area contributed by atoms with Crippen LogP contribution in [0.4, 0.5) is 10.5 Å². The lowest BCUT2D eigenvalue weighted by molar-refractivity contribution is 0.252. The van der Waals surface area contributed by atoms with E-state index in [0.717, 1.165) is 19.1 Å². The van der Waals surface area contributed by atoms with Gasteiger partial charge in [-0.25, -0.2) is 9.78 Å². The van der Waals surface area contributed by atoms with E-state index in [-0.39, 0.29) is 6.03 Å². The molecule has 0 aliphatic carbocycles. The molecular weight excluding hydrogens is 361 g/mol. The van der Waals surface area contributed by atoms with Gasteiger partial charge in [0.1, 0.15) is 0 Å². The van der Waals surface area contributed by atoms with Crippen LogP contribution < -0.4 is 10.6 Å². The first-order valence-corrected chi connectivity index (χ1v) is 7.25. The van der Waals surface area contributed by atoms with E-state index in [1.165, 1.54) is 0 Å². The number of anilines is 1. The Labute approximate surface area is 123 Å². The summed E-state index contributed by atoms with van der Waals surface area (Å²) >= 11 is 3.79. The lowest BCUT2D eigenvalue weighted by Crippen LogP contribution is -2.27. The summed E-state index contributed by atoms with van der Waals surface area (Å²) in [5.74, 6) is 0. The number of rotatable bonds is 3. The zero-order chi connectivity index (χ0) is 13.0. The molecule has 0 aliphatic heterocycles. The molecule has 2 rings (SSSR count). The summed E-state index contributed by atoms with van der Waals surface area (Å²) in [5, 5.41) is 6.59. The van der Waals surface area contributed by atoms with Crippen LogP contribution in [0.25, 0.3) is 0 Å². The van der Waals surface area contributed by atoms with Gasteiger partial charge in [-0.05, 0) is 47.7 Å². The minimum atomic E-state index is -0.206. The first-order chi connectivity index (χ1) is 8.63. The van der Waals surface area contributed by atoms with Crippen molar-refractivity contribution in [1.29, 1.82) is 0 Å². The van der Waals surface area contributed by atoms with Crippen LogP contribution in [0.1, 0.15) is 9.88 Å². The van der Waals surface area contributed by atoms with Gasteiger partial charge in [0.2, 0.25) is 0 Å². The fraction of sp³-hybridized carbons (Fsp3) is 0.167. The summed E-state index contributed by atoms with van der Waals surface area (Å²) in [6, 6.07) is 7.45. The predicted octanol–water partition coefficient (Wildman–Crippen LogP) is 3.38. The molecule has 0 bridgehead atoms. The fourth-order valence-electron chi connectivity index (χ4n) is 1.40. The summed E-state index contributed by atoms with van der Waals surface area (Å²) in [6.07, 6.45) is 1.78. The third-order valence-electron chi connectivity index (χ3n) is 2.17. The quantitative estimate of drug-likeness (QED) is 0.811. The van der Waals surface area contributed by atoms with Crippen molar-refractivity contribution in [2.24, 2.45) is 0 Å². The molecule has 0 spiro atoms. The first-order valence-electron chi connectivity index (χ1n) is 5.35. The van der Waals surface area contributed by atoms with Crippen molar-refractivity contribution in [3.63, 3.8) is 0 Å². The molecule has 0 saturated carbocycles. The predicted molar refractivity (Wildman–Crippen MR) is 81.9 cm³/mol. The van der Waals surface area contributed by atoms with E-state index in [4.69, 9.17) is 0 Å². The minimum absolute atomic E-state index is 0.206. The van der Waals surface area contributed by atoms with Crippen LogP contribution in [-0.2, 0) is 6.54 Å². The highest BCUT2D eigenvalue weighted by molar-refractivity contribution is 14.1. The second-order valence-electron chi connectivity index (χ2n) is 3.66. The Morgan fingerprint density at radius 2 is 2.33 bits per heavy atom. The van der Waals surface area contributed by atoms with Crippen LogP contribution in [0, 0.1) is 10.5 Å². The lowest BCUT2D eigenvalue weighted by Gasteiger charge is -2.06. The van der Waals surface area contributed by atoms with Crippen molar-refractivity contribution in [1.82, 2.24) is 10.3 Å². The molecule has 18 heavy (non-hydrogen) atoms. The molecule has 2 aromatic rings. The van der Waals surface area contributed by atoms with Crippen LogP contribution >= 0.6 is 33.9 Å². The van der Waals surface area contributed by atoms with Gasteiger partial charge in [-0.3, -0.25) is 0 Å². The number of urea groups is 1. The Hall–Kier alpha value is -1.15. The third-order valence-corrected chi connectivity index (χ3v) is 3.76. The van der Waals surface area contributed by atoms with Crippen LogP contribution in [0.2, 0.25) is 0 Å². The van der Waals surface area contributed by atoms with E-state index in [0.29, 0.717) is 6.54 Å². The number of aromatic nitrogens is 1. The number of carbonyl (C=O) groups is 1. The van der Waals surface area contributed by atoms with Gasteiger partial charge in [0.05, 0.1) is 11.6 Å². The zero-order valence-corrected chi connectivity index (χ0v) is 12.7. The number of nitrogens with zero attached hydrogens (tertiary/aromatic N) is 1. The number of benzene rings is 1. The Morgan fingerprint density at radius 3 is 3.00 bits per heavy atom. The van der Waals surface area contributed by atoms with Crippen LogP contribution in [0.15, 0.2) is 30.5 Å². The van der Waals surface area contributed by atoms with E-state index < -0.39 is 0 Å². The number of halogens is 1. The molecule has 6 heteroatoms. The van der Waals surface area contributed by atoms with Gasteiger partial charge >= 0.3 is 6.03 Å². The van der Waals surface area contributed by atoms with Crippen LogP contribution in [0.5, 0.6) is 0 Å². The highest BCUT2D eigenvalue weighted by Crippen LogP contribution is 2.13. The van der Waals surface area contributed by atoms with E-state index in [2.05, 4.69) is 38.2 Å². The molecule has 1 aromatic carbocycles. The minimum Gasteiger partial charge on any atom is -0.333 e. The normalized spacial score (nSPS) is 10.1. The molecule has 1 heterocycles. The molecule has 0 fully saturated rings. The molecule has 1 aromatic heterocycles. The summed E-state index contributed by atoms with van der Waals surface area (Å²) in [5.41, 5.74) is 0.792. The maximum Gasteiger partial charge on any atom is 0.319 e. The summed E-state index contributed by atoms with van der Waals surface area (Å²) in [4.78, 5) is 16.8. The first kappa shape index (κ1) is 13.3. The highest BCUT2D eigenvalue weighted by atomic mass is 127. The van der Waals surface area contributed by atoms with Crippen molar-refractivity contribution in [2.75, 3.05) is 5.32 Å². The zero-order valence-electron chi connectivity index (χ0n) is 9.74. The van der Waals surface area contributed by atoms with Crippen LogP contribution in [-0.4, -0.2) is 11.0 Å². The standard InChI is InChI=1S/C12H12IN3OS/c1-8-14-6-11(18-8)7-15-12(17)16-10-4-2-3-9(13)5-10/h2-6H,7H2,1H3,(H2,15,16,17). The Balaban J connectivity index is 1.85. The number of hydrogen-bond acceptors (Lipinski definition) is 3. The molecular formula is C12H12IN3OS. The Kier molecular flexibility index (Phi) is 4.54. The molecule has 2 amide bonds. The molecule has 0 saturated heterocycles. The van der Waals surface area contributed by atoms with Gasteiger partial charge in [-0.1, -0.05) is 6.07 Å². The largest absolute Gasteiger partial charge is 0.333 e. The van der Waals surface area contributed by atoms with Crippen LogP contribution in [0.3, 0.4) is 0 Å². The van der Waals surface area contributed by atoms with E-state index in [1.54, 1.807) is 17.5 Å². The maximum atomic E-state index is 11.7. The number of aryl methyl sites for hydroxylation is 1. The average Bonchev–Trinajstić information content (AvgIpc) is 2.73. The molecule has 0 unspecified atom stereocenters. The smallest absolute Gasteiger partial charge is 0.319 e. The van der Waals surface area contributed by atoms with E-state index >= 15 is 0 Å².